The Morgan fingerprint density at radius 1 is 0.464 bits per heavy atom. The maximum absolute atomic E-state index is 2.47. The van der Waals surface area contributed by atoms with E-state index in [1.54, 1.807) is 0 Å². The smallest absolute Gasteiger partial charge is 0.0358 e. The van der Waals surface area contributed by atoms with E-state index in [1.165, 1.54) is 119 Å². The van der Waals surface area contributed by atoms with Crippen molar-refractivity contribution in [2.75, 3.05) is 0 Å². The van der Waals surface area contributed by atoms with Crippen LogP contribution in [0, 0.1) is 0 Å². The summed E-state index contributed by atoms with van der Waals surface area (Å²) in [6, 6.07) is 59.5. The first kappa shape index (κ1) is 32.0. The molecule has 0 unspecified atom stereocenters. The summed E-state index contributed by atoms with van der Waals surface area (Å²) in [5.74, 6) is 0. The van der Waals surface area contributed by atoms with Crippen molar-refractivity contribution < 1.29 is 0 Å². The van der Waals surface area contributed by atoms with E-state index in [-0.39, 0.29) is 5.41 Å². The van der Waals surface area contributed by atoms with Crippen LogP contribution in [-0.4, -0.2) is 0 Å². The SMILES string of the molecule is CC1(C)c2cc(-c3ccc(-c4c5ccccc5c(-c5cccc6ccccc56)c5ccccc45)cc3)ccc2-c2c1ccc1c2ccc2sc3c(c21)CCC=C3. The lowest BCUT2D eigenvalue weighted by atomic mass is 9.81. The summed E-state index contributed by atoms with van der Waals surface area (Å²) in [5.41, 5.74) is 14.7. The maximum Gasteiger partial charge on any atom is 0.0358 e. The van der Waals surface area contributed by atoms with Crippen LogP contribution in [0.3, 0.4) is 0 Å². The molecule has 12 rings (SSSR count). The van der Waals surface area contributed by atoms with Crippen molar-refractivity contribution in [2.24, 2.45) is 0 Å². The average Bonchev–Trinajstić information content (AvgIpc) is 3.74. The van der Waals surface area contributed by atoms with Crippen LogP contribution in [0.5, 0.6) is 0 Å². The van der Waals surface area contributed by atoms with E-state index in [0.717, 1.165) is 12.8 Å². The van der Waals surface area contributed by atoms with E-state index in [1.807, 2.05) is 11.3 Å². The van der Waals surface area contributed by atoms with Crippen LogP contribution in [0.15, 0.2) is 164 Å². The summed E-state index contributed by atoms with van der Waals surface area (Å²) in [6.45, 7) is 4.81. The number of rotatable bonds is 3. The van der Waals surface area contributed by atoms with Gasteiger partial charge in [-0.25, -0.2) is 0 Å². The van der Waals surface area contributed by atoms with Crippen molar-refractivity contribution in [3.63, 3.8) is 0 Å². The molecule has 0 spiro atoms. The molecule has 0 aliphatic heterocycles. The zero-order chi connectivity index (χ0) is 37.1. The Balaban J connectivity index is 0.983. The molecule has 0 bridgehead atoms. The number of aryl methyl sites for hydroxylation is 1. The van der Waals surface area contributed by atoms with Gasteiger partial charge in [0.2, 0.25) is 0 Å². The fourth-order valence-corrected chi connectivity index (χ4v) is 11.5. The molecule has 1 heteroatoms. The van der Waals surface area contributed by atoms with Gasteiger partial charge in [0, 0.05) is 20.4 Å². The zero-order valence-electron chi connectivity index (χ0n) is 31.5. The molecule has 9 aromatic carbocycles. The number of fused-ring (bicyclic) bond motifs is 12. The number of hydrogen-bond acceptors (Lipinski definition) is 1. The van der Waals surface area contributed by atoms with E-state index in [9.17, 15) is 0 Å². The molecule has 56 heavy (non-hydrogen) atoms. The Morgan fingerprint density at radius 2 is 1.09 bits per heavy atom. The Hall–Kier alpha value is -6.28. The number of benzene rings is 9. The van der Waals surface area contributed by atoms with Gasteiger partial charge in [0.15, 0.2) is 0 Å². The molecule has 0 fully saturated rings. The van der Waals surface area contributed by atoms with Crippen molar-refractivity contribution in [2.45, 2.75) is 32.1 Å². The normalized spacial score (nSPS) is 14.2. The summed E-state index contributed by atoms with van der Waals surface area (Å²) in [6.07, 6.45) is 6.93. The molecule has 0 saturated heterocycles. The lowest BCUT2D eigenvalue weighted by Crippen LogP contribution is -2.15. The summed E-state index contributed by atoms with van der Waals surface area (Å²) in [5, 5.41) is 11.9. The molecule has 2 aliphatic carbocycles. The quantitative estimate of drug-likeness (QED) is 0.159. The molecule has 0 nitrogen and oxygen atoms in total. The highest BCUT2D eigenvalue weighted by molar-refractivity contribution is 7.20. The Bertz CT molecular complexity index is 3250. The molecule has 0 amide bonds. The van der Waals surface area contributed by atoms with E-state index < -0.39 is 0 Å². The molecule has 0 radical (unpaired) electrons. The van der Waals surface area contributed by atoms with Gasteiger partial charge in [-0.3, -0.25) is 0 Å². The van der Waals surface area contributed by atoms with E-state index >= 15 is 0 Å². The molecule has 10 aromatic rings. The highest BCUT2D eigenvalue weighted by Gasteiger charge is 2.37. The fourth-order valence-electron chi connectivity index (χ4n) is 10.3. The van der Waals surface area contributed by atoms with Crippen molar-refractivity contribution in [3.8, 4) is 44.5 Å². The topological polar surface area (TPSA) is 0 Å². The third kappa shape index (κ3) is 4.47. The van der Waals surface area contributed by atoms with Crippen molar-refractivity contribution in [3.05, 3.63) is 185 Å². The average molecular weight is 731 g/mol. The molecular weight excluding hydrogens is 693 g/mol. The van der Waals surface area contributed by atoms with Crippen molar-refractivity contribution >= 4 is 70.6 Å². The monoisotopic (exact) mass is 730 g/mol. The van der Waals surface area contributed by atoms with Gasteiger partial charge in [-0.15, -0.1) is 11.3 Å². The standard InChI is InChI=1S/C55H38S/c1-55(2)47-30-28-44-43(29-31-50-54(44)46-19-9-10-21-49(46)56-50)53(47)45-27-26-36(32-48(45)55)33-22-24-35(25-23-33)51-39-15-5-7-17-41(39)52(42-18-8-6-16-40(42)51)38-20-11-13-34-12-3-4-14-37(34)38/h3-8,10-18,20-32H,9,19H2,1-2H3. The molecule has 0 saturated carbocycles. The predicted molar refractivity (Wildman–Crippen MR) is 243 cm³/mol. The second-order valence-corrected chi connectivity index (χ2v) is 17.3. The largest absolute Gasteiger partial charge is 0.136 e. The molecule has 0 atom stereocenters. The third-order valence-corrected chi connectivity index (χ3v) is 14.1. The minimum absolute atomic E-state index is 0.0930. The van der Waals surface area contributed by atoms with Crippen LogP contribution in [0.1, 0.15) is 41.8 Å². The molecule has 1 aromatic heterocycles. The molecule has 264 valence electrons. The minimum atomic E-state index is -0.0930. The van der Waals surface area contributed by atoms with Gasteiger partial charge in [0.05, 0.1) is 0 Å². The molecule has 0 N–H and O–H groups in total. The second kappa shape index (κ2) is 11.9. The highest BCUT2D eigenvalue weighted by atomic mass is 32.1. The highest BCUT2D eigenvalue weighted by Crippen LogP contribution is 2.54. The first-order chi connectivity index (χ1) is 27.5. The number of thiophene rings is 1. The van der Waals surface area contributed by atoms with Gasteiger partial charge in [-0.2, -0.15) is 0 Å². The van der Waals surface area contributed by atoms with E-state index in [4.69, 9.17) is 0 Å². The van der Waals surface area contributed by atoms with Crippen molar-refractivity contribution in [1.82, 2.24) is 0 Å². The van der Waals surface area contributed by atoms with Crippen LogP contribution in [0.2, 0.25) is 0 Å². The lowest BCUT2D eigenvalue weighted by molar-refractivity contribution is 0.661. The van der Waals surface area contributed by atoms with Gasteiger partial charge in [-0.1, -0.05) is 166 Å². The maximum atomic E-state index is 2.47. The van der Waals surface area contributed by atoms with Crippen LogP contribution >= 0.6 is 11.3 Å². The lowest BCUT2D eigenvalue weighted by Gasteiger charge is -2.22. The summed E-state index contributed by atoms with van der Waals surface area (Å²) in [7, 11) is 0. The Morgan fingerprint density at radius 3 is 1.86 bits per heavy atom. The fraction of sp³-hybridized carbons (Fsp3) is 0.0909. The van der Waals surface area contributed by atoms with Crippen LogP contribution in [0.25, 0.3) is 104 Å². The van der Waals surface area contributed by atoms with E-state index in [2.05, 4.69) is 184 Å². The summed E-state index contributed by atoms with van der Waals surface area (Å²) < 4.78 is 1.41. The Kier molecular flexibility index (Phi) is 6.78. The van der Waals surface area contributed by atoms with Gasteiger partial charge < -0.3 is 0 Å². The number of hydrogen-bond donors (Lipinski definition) is 0. The summed E-state index contributed by atoms with van der Waals surface area (Å²) >= 11 is 1.95. The van der Waals surface area contributed by atoms with Crippen LogP contribution in [0.4, 0.5) is 0 Å². The molecular formula is C55H38S. The third-order valence-electron chi connectivity index (χ3n) is 12.9. The zero-order valence-corrected chi connectivity index (χ0v) is 32.3. The Labute approximate surface area is 331 Å². The number of allylic oxidation sites excluding steroid dienone is 1. The minimum Gasteiger partial charge on any atom is -0.136 e. The van der Waals surface area contributed by atoms with Crippen LogP contribution < -0.4 is 0 Å². The van der Waals surface area contributed by atoms with Crippen LogP contribution in [-0.2, 0) is 11.8 Å². The van der Waals surface area contributed by atoms with Crippen molar-refractivity contribution in [1.29, 1.82) is 0 Å². The second-order valence-electron chi connectivity index (χ2n) is 16.2. The summed E-state index contributed by atoms with van der Waals surface area (Å²) in [4.78, 5) is 1.44. The van der Waals surface area contributed by atoms with Gasteiger partial charge in [-0.05, 0) is 135 Å². The first-order valence-corrected chi connectivity index (χ1v) is 20.7. The van der Waals surface area contributed by atoms with E-state index in [0.29, 0.717) is 0 Å². The first-order valence-electron chi connectivity index (χ1n) is 19.9. The van der Waals surface area contributed by atoms with Gasteiger partial charge in [0.1, 0.15) is 0 Å². The van der Waals surface area contributed by atoms with Gasteiger partial charge in [0.25, 0.3) is 0 Å². The van der Waals surface area contributed by atoms with Gasteiger partial charge >= 0.3 is 0 Å². The molecule has 1 heterocycles. The predicted octanol–water partition coefficient (Wildman–Crippen LogP) is 15.8. The molecule has 2 aliphatic rings.